The fraction of sp³-hybridized carbons (Fsp3) is 0.125. The largest absolute Gasteiger partial charge is 0.255 e. The average Bonchev–Trinajstić information content (AvgIpc) is 2.47. The topological polar surface area (TPSA) is 25.8 Å². The quantitative estimate of drug-likeness (QED) is 0.647. The van der Waals surface area contributed by atoms with Gasteiger partial charge in [-0.05, 0) is 43.2 Å². The van der Waals surface area contributed by atoms with Gasteiger partial charge in [-0.2, -0.15) is 0 Å². The molecule has 1 aromatic carbocycles. The van der Waals surface area contributed by atoms with Crippen molar-refractivity contribution in [2.45, 2.75) is 13.8 Å². The van der Waals surface area contributed by atoms with Crippen LogP contribution in [0.5, 0.6) is 0 Å². The van der Waals surface area contributed by atoms with Crippen LogP contribution in [0.3, 0.4) is 0 Å². The average molecular weight is 287 g/mol. The molecule has 2 nitrogen and oxygen atoms in total. The molecule has 0 saturated heterocycles. The van der Waals surface area contributed by atoms with Crippen molar-refractivity contribution in [3.8, 4) is 11.4 Å². The second kappa shape index (κ2) is 4.84. The van der Waals surface area contributed by atoms with Gasteiger partial charge >= 0.3 is 0 Å². The van der Waals surface area contributed by atoms with E-state index in [1.807, 2.05) is 32.0 Å². The molecule has 0 aliphatic rings. The van der Waals surface area contributed by atoms with E-state index in [9.17, 15) is 4.39 Å². The van der Waals surface area contributed by atoms with Gasteiger partial charge < -0.3 is 0 Å². The van der Waals surface area contributed by atoms with Gasteiger partial charge in [0.1, 0.15) is 5.82 Å². The fourth-order valence-corrected chi connectivity index (χ4v) is 2.53. The predicted octanol–water partition coefficient (Wildman–Crippen LogP) is 4.71. The van der Waals surface area contributed by atoms with Crippen molar-refractivity contribution in [3.05, 3.63) is 58.5 Å². The number of halogens is 2. The molecule has 0 N–H and O–H groups in total. The zero-order valence-corrected chi connectivity index (χ0v) is 11.9. The maximum atomic E-state index is 14.0. The third-order valence-electron chi connectivity index (χ3n) is 3.36. The molecule has 0 spiro atoms. The number of hydrogen-bond donors (Lipinski definition) is 0. The minimum Gasteiger partial charge on any atom is -0.255 e. The van der Waals surface area contributed by atoms with Crippen LogP contribution >= 0.6 is 11.6 Å². The van der Waals surface area contributed by atoms with E-state index < -0.39 is 0 Å². The van der Waals surface area contributed by atoms with E-state index >= 15 is 0 Å². The van der Waals surface area contributed by atoms with Gasteiger partial charge in [-0.1, -0.05) is 23.7 Å². The summed E-state index contributed by atoms with van der Waals surface area (Å²) in [7, 11) is 0. The second-order valence-corrected chi connectivity index (χ2v) is 5.08. The first-order chi connectivity index (χ1) is 9.59. The zero-order chi connectivity index (χ0) is 14.3. The van der Waals surface area contributed by atoms with E-state index in [2.05, 4.69) is 9.97 Å². The Morgan fingerprint density at radius 1 is 1.10 bits per heavy atom. The minimum absolute atomic E-state index is 0.348. The molecule has 0 saturated carbocycles. The normalized spacial score (nSPS) is 11.0. The van der Waals surface area contributed by atoms with E-state index in [1.165, 1.54) is 6.07 Å². The molecule has 2 aromatic heterocycles. The Hall–Kier alpha value is -2.00. The molecular weight excluding hydrogens is 275 g/mol. The molecule has 0 bridgehead atoms. The van der Waals surface area contributed by atoms with Crippen LogP contribution < -0.4 is 0 Å². The van der Waals surface area contributed by atoms with Crippen LogP contribution in [-0.4, -0.2) is 9.97 Å². The van der Waals surface area contributed by atoms with Gasteiger partial charge in [-0.25, -0.2) is 9.37 Å². The van der Waals surface area contributed by atoms with E-state index in [4.69, 9.17) is 11.6 Å². The van der Waals surface area contributed by atoms with E-state index in [-0.39, 0.29) is 5.82 Å². The highest BCUT2D eigenvalue weighted by molar-refractivity contribution is 6.36. The third kappa shape index (κ3) is 1.95. The van der Waals surface area contributed by atoms with Gasteiger partial charge in [0, 0.05) is 6.20 Å². The first-order valence-corrected chi connectivity index (χ1v) is 6.63. The molecule has 2 heterocycles. The molecule has 0 fully saturated rings. The van der Waals surface area contributed by atoms with Crippen molar-refractivity contribution in [3.63, 3.8) is 0 Å². The van der Waals surface area contributed by atoms with E-state index in [0.717, 1.165) is 16.8 Å². The lowest BCUT2D eigenvalue weighted by molar-refractivity contribution is 0.639. The fourth-order valence-electron chi connectivity index (χ4n) is 2.26. The Balaban J connectivity index is 2.42. The van der Waals surface area contributed by atoms with Crippen molar-refractivity contribution >= 4 is 22.5 Å². The summed E-state index contributed by atoms with van der Waals surface area (Å²) in [6.45, 7) is 3.73. The van der Waals surface area contributed by atoms with Gasteiger partial charge in [0.2, 0.25) is 0 Å². The van der Waals surface area contributed by atoms with Crippen molar-refractivity contribution in [2.75, 3.05) is 0 Å². The van der Waals surface area contributed by atoms with Crippen LogP contribution in [0.15, 0.2) is 36.5 Å². The van der Waals surface area contributed by atoms with Crippen molar-refractivity contribution in [1.29, 1.82) is 0 Å². The van der Waals surface area contributed by atoms with Gasteiger partial charge in [0.15, 0.2) is 0 Å². The van der Waals surface area contributed by atoms with Gasteiger partial charge in [-0.3, -0.25) is 4.98 Å². The zero-order valence-electron chi connectivity index (χ0n) is 11.1. The molecule has 0 aliphatic heterocycles. The summed E-state index contributed by atoms with van der Waals surface area (Å²) < 4.78 is 14.0. The first kappa shape index (κ1) is 13.0. The van der Waals surface area contributed by atoms with Gasteiger partial charge in [0.25, 0.3) is 0 Å². The molecular formula is C16H12ClFN2. The SMILES string of the molecule is Cc1c(-c2ccccn2)nc2c(C)ccc(F)c2c1Cl. The van der Waals surface area contributed by atoms with Crippen LogP contribution in [0.4, 0.5) is 4.39 Å². The molecule has 3 rings (SSSR count). The maximum Gasteiger partial charge on any atom is 0.134 e. The van der Waals surface area contributed by atoms with Crippen molar-refractivity contribution < 1.29 is 4.39 Å². The maximum absolute atomic E-state index is 14.0. The minimum atomic E-state index is -0.348. The second-order valence-electron chi connectivity index (χ2n) is 4.70. The highest BCUT2D eigenvalue weighted by Crippen LogP contribution is 2.34. The van der Waals surface area contributed by atoms with Crippen LogP contribution in [-0.2, 0) is 0 Å². The van der Waals surface area contributed by atoms with Crippen LogP contribution in [0.1, 0.15) is 11.1 Å². The Kier molecular flexibility index (Phi) is 3.14. The number of aromatic nitrogens is 2. The molecule has 0 atom stereocenters. The molecule has 0 aliphatic carbocycles. The summed E-state index contributed by atoms with van der Waals surface area (Å²) in [6.07, 6.45) is 1.70. The molecule has 3 aromatic rings. The molecule has 0 radical (unpaired) electrons. The summed E-state index contributed by atoms with van der Waals surface area (Å²) in [5.41, 5.74) is 3.64. The lowest BCUT2D eigenvalue weighted by atomic mass is 10.0. The number of benzene rings is 1. The Labute approximate surface area is 121 Å². The highest BCUT2D eigenvalue weighted by atomic mass is 35.5. The molecule has 0 amide bonds. The lowest BCUT2D eigenvalue weighted by Crippen LogP contribution is -1.97. The van der Waals surface area contributed by atoms with Crippen LogP contribution in [0, 0.1) is 19.7 Å². The summed E-state index contributed by atoms with van der Waals surface area (Å²) in [6, 6.07) is 8.72. The summed E-state index contributed by atoms with van der Waals surface area (Å²) in [5, 5.41) is 0.778. The third-order valence-corrected chi connectivity index (χ3v) is 3.84. The predicted molar refractivity (Wildman–Crippen MR) is 79.4 cm³/mol. The lowest BCUT2D eigenvalue weighted by Gasteiger charge is -2.12. The summed E-state index contributed by atoms with van der Waals surface area (Å²) in [4.78, 5) is 8.87. The van der Waals surface area contributed by atoms with Gasteiger partial charge in [0.05, 0.1) is 27.3 Å². The molecule has 100 valence electrons. The summed E-state index contributed by atoms with van der Waals surface area (Å²) >= 11 is 6.35. The monoisotopic (exact) mass is 286 g/mol. The van der Waals surface area contributed by atoms with Crippen molar-refractivity contribution in [1.82, 2.24) is 9.97 Å². The van der Waals surface area contributed by atoms with Crippen LogP contribution in [0.25, 0.3) is 22.3 Å². The smallest absolute Gasteiger partial charge is 0.134 e. The summed E-state index contributed by atoms with van der Waals surface area (Å²) in [5.74, 6) is -0.348. The van der Waals surface area contributed by atoms with E-state index in [1.54, 1.807) is 12.3 Å². The molecule has 0 unspecified atom stereocenters. The standard InChI is InChI=1S/C16H12ClFN2/c1-9-6-7-11(18)13-14(17)10(2)16(20-15(9)13)12-5-3-4-8-19-12/h3-8H,1-2H3. The highest BCUT2D eigenvalue weighted by Gasteiger charge is 2.16. The number of hydrogen-bond acceptors (Lipinski definition) is 2. The number of rotatable bonds is 1. The number of aryl methyl sites for hydroxylation is 1. The number of nitrogens with zero attached hydrogens (tertiary/aromatic N) is 2. The Morgan fingerprint density at radius 3 is 2.60 bits per heavy atom. The molecule has 20 heavy (non-hydrogen) atoms. The van der Waals surface area contributed by atoms with Crippen molar-refractivity contribution in [2.24, 2.45) is 0 Å². The van der Waals surface area contributed by atoms with Gasteiger partial charge in [-0.15, -0.1) is 0 Å². The van der Waals surface area contributed by atoms with Crippen LogP contribution in [0.2, 0.25) is 5.02 Å². The number of pyridine rings is 2. The Bertz CT molecular complexity index is 801. The van der Waals surface area contributed by atoms with E-state index in [0.29, 0.717) is 21.6 Å². The first-order valence-electron chi connectivity index (χ1n) is 6.26. The molecule has 4 heteroatoms. The Morgan fingerprint density at radius 2 is 1.90 bits per heavy atom. The number of fused-ring (bicyclic) bond motifs is 1.